The van der Waals surface area contributed by atoms with Gasteiger partial charge in [-0.3, -0.25) is 9.59 Å². The second kappa shape index (κ2) is 7.39. The normalized spacial score (nSPS) is 18.1. The molecule has 3 rings (SSSR count). The molecule has 126 valence electrons. The van der Waals surface area contributed by atoms with Crippen LogP contribution in [0.25, 0.3) is 0 Å². The van der Waals surface area contributed by atoms with Gasteiger partial charge in [0.25, 0.3) is 11.8 Å². The van der Waals surface area contributed by atoms with E-state index in [1.165, 1.54) is 6.07 Å². The van der Waals surface area contributed by atoms with E-state index in [4.69, 9.17) is 0 Å². The van der Waals surface area contributed by atoms with Gasteiger partial charge in [-0.2, -0.15) is 5.26 Å². The van der Waals surface area contributed by atoms with Crippen LogP contribution in [0.5, 0.6) is 0 Å². The molecule has 3 heterocycles. The Morgan fingerprint density at radius 2 is 1.42 bits per heavy atom. The van der Waals surface area contributed by atoms with Crippen molar-refractivity contribution in [2.45, 2.75) is 38.5 Å². The van der Waals surface area contributed by atoms with Gasteiger partial charge in [0, 0.05) is 26.2 Å². The monoisotopic (exact) mass is 327 g/mol. The van der Waals surface area contributed by atoms with Crippen molar-refractivity contribution in [3.8, 4) is 6.07 Å². The summed E-state index contributed by atoms with van der Waals surface area (Å²) in [6.45, 7) is 2.77. The van der Waals surface area contributed by atoms with Crippen LogP contribution in [0.2, 0.25) is 0 Å². The number of nitrogens with zero attached hydrogens (tertiary/aromatic N) is 5. The maximum Gasteiger partial charge on any atom is 0.275 e. The molecule has 0 unspecified atom stereocenters. The highest BCUT2D eigenvalue weighted by atomic mass is 16.2. The molecule has 7 heteroatoms. The smallest absolute Gasteiger partial charge is 0.275 e. The van der Waals surface area contributed by atoms with Gasteiger partial charge >= 0.3 is 0 Å². The number of likely N-dealkylation sites (tertiary alicyclic amines) is 2. The predicted octanol–water partition coefficient (Wildman–Crippen LogP) is 1.60. The maximum absolute atomic E-state index is 12.5. The molecule has 2 amide bonds. The first-order valence-corrected chi connectivity index (χ1v) is 8.57. The predicted molar refractivity (Wildman–Crippen MR) is 86.3 cm³/mol. The molecule has 0 atom stereocenters. The highest BCUT2D eigenvalue weighted by Crippen LogP contribution is 2.16. The van der Waals surface area contributed by atoms with Gasteiger partial charge < -0.3 is 9.80 Å². The summed E-state index contributed by atoms with van der Waals surface area (Å²) >= 11 is 0. The zero-order chi connectivity index (χ0) is 16.9. The summed E-state index contributed by atoms with van der Waals surface area (Å²) in [7, 11) is 0. The van der Waals surface area contributed by atoms with E-state index in [0.29, 0.717) is 26.2 Å². The molecule has 2 saturated heterocycles. The van der Waals surface area contributed by atoms with Crippen molar-refractivity contribution < 1.29 is 9.59 Å². The number of nitriles is 1. The Balaban J connectivity index is 1.81. The highest BCUT2D eigenvalue weighted by molar-refractivity contribution is 5.97. The zero-order valence-electron chi connectivity index (χ0n) is 13.7. The van der Waals surface area contributed by atoms with E-state index >= 15 is 0 Å². The number of hydrogen-bond donors (Lipinski definition) is 0. The summed E-state index contributed by atoms with van der Waals surface area (Å²) in [6.07, 6.45) is 6.14. The number of piperidine rings is 2. The number of aromatic nitrogens is 2. The molecule has 2 aliphatic rings. The molecule has 0 bridgehead atoms. The quantitative estimate of drug-likeness (QED) is 0.823. The zero-order valence-corrected chi connectivity index (χ0v) is 13.7. The average Bonchev–Trinajstić information content (AvgIpc) is 2.67. The highest BCUT2D eigenvalue weighted by Gasteiger charge is 2.26. The summed E-state index contributed by atoms with van der Waals surface area (Å²) < 4.78 is 0. The summed E-state index contributed by atoms with van der Waals surface area (Å²) in [6, 6.07) is 3.40. The van der Waals surface area contributed by atoms with E-state index in [1.807, 2.05) is 6.07 Å². The van der Waals surface area contributed by atoms with Crippen LogP contribution in [0, 0.1) is 11.3 Å². The van der Waals surface area contributed by atoms with Crippen LogP contribution in [-0.2, 0) is 0 Å². The molecule has 2 fully saturated rings. The van der Waals surface area contributed by atoms with Crippen molar-refractivity contribution in [3.05, 3.63) is 23.0 Å². The molecule has 0 N–H and O–H groups in total. The van der Waals surface area contributed by atoms with Crippen molar-refractivity contribution in [2.75, 3.05) is 26.2 Å². The molecular weight excluding hydrogens is 306 g/mol. The second-order valence-corrected chi connectivity index (χ2v) is 6.31. The van der Waals surface area contributed by atoms with Crippen LogP contribution in [-0.4, -0.2) is 58.0 Å². The van der Waals surface area contributed by atoms with Crippen molar-refractivity contribution in [2.24, 2.45) is 0 Å². The first-order valence-electron chi connectivity index (χ1n) is 8.57. The number of carbonyl (C=O) groups excluding carboxylic acids is 2. The van der Waals surface area contributed by atoms with Crippen LogP contribution in [0.15, 0.2) is 6.07 Å². The van der Waals surface area contributed by atoms with Crippen molar-refractivity contribution >= 4 is 11.8 Å². The van der Waals surface area contributed by atoms with Crippen molar-refractivity contribution in [3.63, 3.8) is 0 Å². The van der Waals surface area contributed by atoms with Crippen LogP contribution in [0.1, 0.15) is 65.1 Å². The molecular formula is C17H21N5O2. The van der Waals surface area contributed by atoms with Crippen molar-refractivity contribution in [1.29, 1.82) is 5.26 Å². The van der Waals surface area contributed by atoms with Gasteiger partial charge in [0.05, 0.1) is 5.56 Å². The molecule has 7 nitrogen and oxygen atoms in total. The van der Waals surface area contributed by atoms with Crippen molar-refractivity contribution in [1.82, 2.24) is 20.0 Å². The Hall–Kier alpha value is -2.49. The lowest BCUT2D eigenvalue weighted by Crippen LogP contribution is -2.38. The van der Waals surface area contributed by atoms with E-state index in [0.717, 1.165) is 38.5 Å². The molecule has 0 saturated carbocycles. The van der Waals surface area contributed by atoms with E-state index in [9.17, 15) is 14.9 Å². The number of rotatable bonds is 2. The third-order valence-electron chi connectivity index (χ3n) is 4.62. The first kappa shape index (κ1) is 16.4. The fourth-order valence-corrected chi connectivity index (χ4v) is 3.25. The first-order chi connectivity index (χ1) is 11.7. The summed E-state index contributed by atoms with van der Waals surface area (Å²) in [5.74, 6) is -0.480. The SMILES string of the molecule is N#Cc1cc(C(=O)N2CCCCC2)nnc1C(=O)N1CCCCC1. The van der Waals surface area contributed by atoms with E-state index in [-0.39, 0.29) is 28.8 Å². The van der Waals surface area contributed by atoms with E-state index in [1.54, 1.807) is 9.80 Å². The molecule has 0 spiro atoms. The van der Waals surface area contributed by atoms with Gasteiger partial charge in [-0.05, 0) is 44.6 Å². The Morgan fingerprint density at radius 1 is 0.875 bits per heavy atom. The number of amides is 2. The minimum atomic E-state index is -0.268. The van der Waals surface area contributed by atoms with Crippen LogP contribution in [0.3, 0.4) is 0 Å². The summed E-state index contributed by atoms with van der Waals surface area (Å²) in [5, 5.41) is 17.2. The standard InChI is InChI=1S/C17H21N5O2/c18-12-13-11-14(16(23)21-7-3-1-4-8-21)19-20-15(13)17(24)22-9-5-2-6-10-22/h11H,1-10H2. The lowest BCUT2D eigenvalue weighted by molar-refractivity contribution is 0.0700. The molecule has 0 radical (unpaired) electrons. The van der Waals surface area contributed by atoms with Gasteiger partial charge in [-0.15, -0.1) is 10.2 Å². The van der Waals surface area contributed by atoms with Crippen LogP contribution < -0.4 is 0 Å². The lowest BCUT2D eigenvalue weighted by Gasteiger charge is -2.27. The largest absolute Gasteiger partial charge is 0.337 e. The molecule has 1 aromatic heterocycles. The number of hydrogen-bond acceptors (Lipinski definition) is 5. The summed E-state index contributed by atoms with van der Waals surface area (Å²) in [4.78, 5) is 28.5. The Morgan fingerprint density at radius 3 is 1.96 bits per heavy atom. The topological polar surface area (TPSA) is 90.2 Å². The van der Waals surface area contributed by atoms with Crippen LogP contribution >= 0.6 is 0 Å². The minimum absolute atomic E-state index is 0.0506. The molecule has 24 heavy (non-hydrogen) atoms. The van der Waals surface area contributed by atoms with Crippen LogP contribution in [0.4, 0.5) is 0 Å². The fourth-order valence-electron chi connectivity index (χ4n) is 3.25. The Bertz CT molecular complexity index is 670. The molecule has 1 aromatic rings. The maximum atomic E-state index is 12.5. The molecule has 0 aromatic carbocycles. The van der Waals surface area contributed by atoms with Gasteiger partial charge in [0.2, 0.25) is 0 Å². The lowest BCUT2D eigenvalue weighted by atomic mass is 10.1. The average molecular weight is 327 g/mol. The van der Waals surface area contributed by atoms with Gasteiger partial charge in [-0.25, -0.2) is 0 Å². The van der Waals surface area contributed by atoms with Gasteiger partial charge in [0.15, 0.2) is 11.4 Å². The summed E-state index contributed by atoms with van der Waals surface area (Å²) in [5.41, 5.74) is 0.319. The van der Waals surface area contributed by atoms with E-state index in [2.05, 4.69) is 10.2 Å². The minimum Gasteiger partial charge on any atom is -0.337 e. The third-order valence-corrected chi connectivity index (χ3v) is 4.62. The Kier molecular flexibility index (Phi) is 5.04. The van der Waals surface area contributed by atoms with Gasteiger partial charge in [-0.1, -0.05) is 0 Å². The Labute approximate surface area is 141 Å². The van der Waals surface area contributed by atoms with Gasteiger partial charge in [0.1, 0.15) is 6.07 Å². The second-order valence-electron chi connectivity index (χ2n) is 6.31. The third kappa shape index (κ3) is 3.37. The molecule has 2 aliphatic heterocycles. The van der Waals surface area contributed by atoms with E-state index < -0.39 is 0 Å². The molecule has 0 aliphatic carbocycles. The number of carbonyl (C=O) groups is 2. The fraction of sp³-hybridized carbons (Fsp3) is 0.588.